The second-order valence-corrected chi connectivity index (χ2v) is 4.78. The molecule has 0 bridgehead atoms. The highest BCUT2D eigenvalue weighted by Crippen LogP contribution is 2.16. The van der Waals surface area contributed by atoms with E-state index in [9.17, 15) is 14.0 Å². The summed E-state index contributed by atoms with van der Waals surface area (Å²) >= 11 is 0. The van der Waals surface area contributed by atoms with Gasteiger partial charge < -0.3 is 20.4 Å². The Hall–Kier alpha value is -2.31. The summed E-state index contributed by atoms with van der Waals surface area (Å²) in [6, 6.07) is 6.08. The zero-order chi connectivity index (χ0) is 15.2. The summed E-state index contributed by atoms with van der Waals surface area (Å²) in [7, 11) is 1.52. The first kappa shape index (κ1) is 15.1. The molecule has 1 aliphatic heterocycles. The molecule has 0 saturated carbocycles. The molecular formula is C14H19FN4O2. The van der Waals surface area contributed by atoms with Gasteiger partial charge in [0.1, 0.15) is 5.82 Å². The van der Waals surface area contributed by atoms with Gasteiger partial charge in [-0.25, -0.2) is 9.18 Å². The number of halogens is 1. The van der Waals surface area contributed by atoms with Crippen LogP contribution in [0, 0.1) is 5.82 Å². The number of nitrogens with one attached hydrogen (secondary N) is 2. The fourth-order valence-electron chi connectivity index (χ4n) is 2.18. The van der Waals surface area contributed by atoms with Gasteiger partial charge in [0, 0.05) is 38.9 Å². The fourth-order valence-corrected chi connectivity index (χ4v) is 2.18. The Morgan fingerprint density at radius 3 is 2.33 bits per heavy atom. The second kappa shape index (κ2) is 6.92. The van der Waals surface area contributed by atoms with Crippen LogP contribution in [0.4, 0.5) is 14.9 Å². The van der Waals surface area contributed by atoms with E-state index in [0.29, 0.717) is 26.2 Å². The first-order chi connectivity index (χ1) is 10.1. The molecule has 1 fully saturated rings. The van der Waals surface area contributed by atoms with Crippen molar-refractivity contribution in [1.82, 2.24) is 15.5 Å². The van der Waals surface area contributed by atoms with Crippen LogP contribution in [0.5, 0.6) is 0 Å². The van der Waals surface area contributed by atoms with Gasteiger partial charge in [-0.05, 0) is 24.3 Å². The van der Waals surface area contributed by atoms with Crippen molar-refractivity contribution in [3.63, 3.8) is 0 Å². The number of carbonyl (C=O) groups excluding carboxylic acids is 2. The lowest BCUT2D eigenvalue weighted by molar-refractivity contribution is -0.119. The van der Waals surface area contributed by atoms with E-state index in [4.69, 9.17) is 0 Å². The van der Waals surface area contributed by atoms with Crippen LogP contribution >= 0.6 is 0 Å². The summed E-state index contributed by atoms with van der Waals surface area (Å²) < 4.78 is 12.9. The van der Waals surface area contributed by atoms with E-state index in [1.54, 1.807) is 17.0 Å². The third-order valence-corrected chi connectivity index (χ3v) is 3.44. The molecule has 1 heterocycles. The van der Waals surface area contributed by atoms with Crippen molar-refractivity contribution in [3.8, 4) is 0 Å². The SMILES string of the molecule is CNC(=O)CNC(=O)N1CCN(c2ccc(F)cc2)CC1. The van der Waals surface area contributed by atoms with E-state index in [1.165, 1.54) is 19.2 Å². The monoisotopic (exact) mass is 294 g/mol. The lowest BCUT2D eigenvalue weighted by Gasteiger charge is -2.36. The van der Waals surface area contributed by atoms with E-state index in [1.807, 2.05) is 0 Å². The van der Waals surface area contributed by atoms with Crippen molar-refractivity contribution in [1.29, 1.82) is 0 Å². The summed E-state index contributed by atoms with van der Waals surface area (Å²) in [6.07, 6.45) is 0. The molecule has 2 rings (SSSR count). The molecule has 0 spiro atoms. The molecule has 0 aromatic heterocycles. The van der Waals surface area contributed by atoms with Crippen molar-refractivity contribution in [2.24, 2.45) is 0 Å². The van der Waals surface area contributed by atoms with Crippen molar-refractivity contribution in [2.75, 3.05) is 44.7 Å². The predicted octanol–water partition coefficient (Wildman–Crippen LogP) is 0.403. The van der Waals surface area contributed by atoms with Crippen LogP contribution in [0.3, 0.4) is 0 Å². The van der Waals surface area contributed by atoms with Crippen LogP contribution < -0.4 is 15.5 Å². The standard InChI is InChI=1S/C14H19FN4O2/c1-16-13(20)10-17-14(21)19-8-6-18(7-9-19)12-4-2-11(15)3-5-12/h2-5H,6-10H2,1H3,(H,16,20)(H,17,21). The molecule has 0 aliphatic carbocycles. The van der Waals surface area contributed by atoms with Gasteiger partial charge in [-0.1, -0.05) is 0 Å². The van der Waals surface area contributed by atoms with Crippen LogP contribution in [0.1, 0.15) is 0 Å². The zero-order valence-corrected chi connectivity index (χ0v) is 11.9. The number of benzene rings is 1. The molecule has 1 aromatic rings. The minimum atomic E-state index is -0.258. The van der Waals surface area contributed by atoms with Crippen molar-refractivity contribution in [3.05, 3.63) is 30.1 Å². The second-order valence-electron chi connectivity index (χ2n) is 4.78. The number of anilines is 1. The Labute approximate surface area is 122 Å². The van der Waals surface area contributed by atoms with Crippen LogP contribution in [0.2, 0.25) is 0 Å². The molecule has 6 nitrogen and oxygen atoms in total. The van der Waals surface area contributed by atoms with Crippen LogP contribution in [-0.4, -0.2) is 56.6 Å². The Morgan fingerprint density at radius 2 is 1.76 bits per heavy atom. The fraction of sp³-hybridized carbons (Fsp3) is 0.429. The molecule has 0 radical (unpaired) electrons. The number of urea groups is 1. The van der Waals surface area contributed by atoms with E-state index in [2.05, 4.69) is 15.5 Å². The average molecular weight is 294 g/mol. The Morgan fingerprint density at radius 1 is 1.14 bits per heavy atom. The number of hydrogen-bond acceptors (Lipinski definition) is 3. The highest BCUT2D eigenvalue weighted by Gasteiger charge is 2.21. The summed E-state index contributed by atoms with van der Waals surface area (Å²) in [4.78, 5) is 26.7. The minimum Gasteiger partial charge on any atom is -0.368 e. The summed E-state index contributed by atoms with van der Waals surface area (Å²) in [5.41, 5.74) is 0.946. The summed E-state index contributed by atoms with van der Waals surface area (Å²) in [5, 5.41) is 5.02. The molecular weight excluding hydrogens is 275 g/mol. The molecule has 114 valence electrons. The lowest BCUT2D eigenvalue weighted by Crippen LogP contribution is -2.52. The molecule has 1 aliphatic rings. The first-order valence-corrected chi connectivity index (χ1v) is 6.84. The predicted molar refractivity (Wildman–Crippen MR) is 77.7 cm³/mol. The number of rotatable bonds is 3. The molecule has 1 aromatic carbocycles. The third-order valence-electron chi connectivity index (χ3n) is 3.44. The van der Waals surface area contributed by atoms with E-state index < -0.39 is 0 Å². The third kappa shape index (κ3) is 4.08. The van der Waals surface area contributed by atoms with E-state index >= 15 is 0 Å². The maximum atomic E-state index is 12.9. The van der Waals surface area contributed by atoms with Gasteiger partial charge in [0.25, 0.3) is 0 Å². The summed E-state index contributed by atoms with van der Waals surface area (Å²) in [6.45, 7) is 2.47. The van der Waals surface area contributed by atoms with Gasteiger partial charge in [-0.3, -0.25) is 4.79 Å². The number of piperazine rings is 1. The van der Waals surface area contributed by atoms with Crippen molar-refractivity contribution in [2.45, 2.75) is 0 Å². The van der Waals surface area contributed by atoms with Crippen molar-refractivity contribution < 1.29 is 14.0 Å². The Kier molecular flexibility index (Phi) is 4.97. The average Bonchev–Trinajstić information content (AvgIpc) is 2.53. The van der Waals surface area contributed by atoms with Crippen LogP contribution in [0.25, 0.3) is 0 Å². The first-order valence-electron chi connectivity index (χ1n) is 6.84. The molecule has 0 atom stereocenters. The quantitative estimate of drug-likeness (QED) is 0.848. The van der Waals surface area contributed by atoms with E-state index in [0.717, 1.165) is 5.69 Å². The van der Waals surface area contributed by atoms with Gasteiger partial charge in [0.15, 0.2) is 0 Å². The van der Waals surface area contributed by atoms with Gasteiger partial charge in [0.05, 0.1) is 6.54 Å². The topological polar surface area (TPSA) is 64.7 Å². The minimum absolute atomic E-state index is 0.0203. The van der Waals surface area contributed by atoms with Gasteiger partial charge >= 0.3 is 6.03 Å². The van der Waals surface area contributed by atoms with Gasteiger partial charge in [0.2, 0.25) is 5.91 Å². The number of nitrogens with zero attached hydrogens (tertiary/aromatic N) is 2. The van der Waals surface area contributed by atoms with E-state index in [-0.39, 0.29) is 24.3 Å². The van der Waals surface area contributed by atoms with Crippen LogP contribution in [0.15, 0.2) is 24.3 Å². The highest BCUT2D eigenvalue weighted by molar-refractivity contribution is 5.83. The summed E-state index contributed by atoms with van der Waals surface area (Å²) in [5.74, 6) is -0.487. The highest BCUT2D eigenvalue weighted by atomic mass is 19.1. The largest absolute Gasteiger partial charge is 0.368 e. The molecule has 7 heteroatoms. The number of amides is 3. The Balaban J connectivity index is 1.81. The Bertz CT molecular complexity index is 498. The molecule has 1 saturated heterocycles. The molecule has 2 N–H and O–H groups in total. The smallest absolute Gasteiger partial charge is 0.317 e. The molecule has 21 heavy (non-hydrogen) atoms. The number of hydrogen-bond donors (Lipinski definition) is 2. The number of carbonyl (C=O) groups is 2. The van der Waals surface area contributed by atoms with Crippen molar-refractivity contribution >= 4 is 17.6 Å². The molecule has 0 unspecified atom stereocenters. The maximum Gasteiger partial charge on any atom is 0.317 e. The number of likely N-dealkylation sites (N-methyl/N-ethyl adjacent to an activating group) is 1. The maximum absolute atomic E-state index is 12.9. The molecule has 3 amide bonds. The van der Waals surface area contributed by atoms with Gasteiger partial charge in [-0.2, -0.15) is 0 Å². The zero-order valence-electron chi connectivity index (χ0n) is 11.9. The lowest BCUT2D eigenvalue weighted by atomic mass is 10.2. The van der Waals surface area contributed by atoms with Gasteiger partial charge in [-0.15, -0.1) is 0 Å². The normalized spacial score (nSPS) is 14.8. The van der Waals surface area contributed by atoms with Crippen LogP contribution in [-0.2, 0) is 4.79 Å².